The Bertz CT molecular complexity index is 1060. The fourth-order valence-electron chi connectivity index (χ4n) is 2.75. The van der Waals surface area contributed by atoms with Crippen molar-refractivity contribution in [3.05, 3.63) is 76.8 Å². The summed E-state index contributed by atoms with van der Waals surface area (Å²) in [7, 11) is 0. The zero-order valence-electron chi connectivity index (χ0n) is 15.6. The number of nitrogens with one attached hydrogen (secondary N) is 2. The molecule has 0 aliphatic heterocycles. The molecule has 1 atom stereocenters. The third kappa shape index (κ3) is 5.42. The van der Waals surface area contributed by atoms with Crippen molar-refractivity contribution in [1.82, 2.24) is 5.32 Å². The van der Waals surface area contributed by atoms with Crippen molar-refractivity contribution < 1.29 is 19.1 Å². The van der Waals surface area contributed by atoms with Crippen molar-refractivity contribution >= 4 is 50.2 Å². The average molecular weight is 455 g/mol. The van der Waals surface area contributed by atoms with E-state index in [-0.39, 0.29) is 6.54 Å². The molecule has 3 aromatic carbocycles. The minimum atomic E-state index is -1.01. The summed E-state index contributed by atoms with van der Waals surface area (Å²) in [6, 6.07) is 20.0. The van der Waals surface area contributed by atoms with Gasteiger partial charge in [-0.3, -0.25) is 14.4 Å². The number of carbonyl (C=O) groups excluding carboxylic acids is 3. The standard InChI is InChI=1S/C22H19BrN2O4/c1-14(21(27)25-19-11-5-7-15-6-2-3-10-18(15)19)29-20(26)13-24-22(28)16-8-4-9-17(23)12-16/h2-12,14H,13H2,1H3,(H,24,28)(H,25,27). The smallest absolute Gasteiger partial charge is 0.326 e. The normalized spacial score (nSPS) is 11.5. The molecule has 3 aromatic rings. The van der Waals surface area contributed by atoms with Crippen molar-refractivity contribution in [2.24, 2.45) is 0 Å². The number of ether oxygens (including phenoxy) is 1. The topological polar surface area (TPSA) is 84.5 Å². The van der Waals surface area contributed by atoms with Gasteiger partial charge in [-0.05, 0) is 36.6 Å². The molecule has 2 amide bonds. The molecule has 0 aliphatic rings. The van der Waals surface area contributed by atoms with Gasteiger partial charge in [0.15, 0.2) is 6.10 Å². The molecule has 2 N–H and O–H groups in total. The quantitative estimate of drug-likeness (QED) is 0.553. The SMILES string of the molecule is CC(OC(=O)CNC(=O)c1cccc(Br)c1)C(=O)Nc1cccc2ccccc12. The Kier molecular flexibility index (Phi) is 6.61. The van der Waals surface area contributed by atoms with Gasteiger partial charge in [-0.1, -0.05) is 58.4 Å². The number of halogens is 1. The van der Waals surface area contributed by atoms with Crippen LogP contribution in [0, 0.1) is 0 Å². The maximum Gasteiger partial charge on any atom is 0.326 e. The van der Waals surface area contributed by atoms with Gasteiger partial charge in [0.25, 0.3) is 11.8 Å². The van der Waals surface area contributed by atoms with Crippen LogP contribution >= 0.6 is 15.9 Å². The van der Waals surface area contributed by atoms with Crippen LogP contribution in [0.1, 0.15) is 17.3 Å². The lowest BCUT2D eigenvalue weighted by atomic mass is 10.1. The third-order valence-electron chi connectivity index (χ3n) is 4.21. The lowest BCUT2D eigenvalue weighted by molar-refractivity contribution is -0.152. The molecule has 0 radical (unpaired) electrons. The third-order valence-corrected chi connectivity index (χ3v) is 4.70. The molecule has 0 heterocycles. The van der Waals surface area contributed by atoms with E-state index < -0.39 is 23.9 Å². The zero-order chi connectivity index (χ0) is 20.8. The molecule has 29 heavy (non-hydrogen) atoms. The lowest BCUT2D eigenvalue weighted by Gasteiger charge is -2.15. The van der Waals surface area contributed by atoms with Crippen LogP contribution in [0.4, 0.5) is 5.69 Å². The van der Waals surface area contributed by atoms with Gasteiger partial charge in [0.1, 0.15) is 6.54 Å². The molecule has 0 fully saturated rings. The largest absolute Gasteiger partial charge is 0.451 e. The first-order chi connectivity index (χ1) is 13.9. The molecule has 6 nitrogen and oxygen atoms in total. The van der Waals surface area contributed by atoms with E-state index >= 15 is 0 Å². The van der Waals surface area contributed by atoms with E-state index in [4.69, 9.17) is 4.74 Å². The van der Waals surface area contributed by atoms with E-state index in [0.717, 1.165) is 15.2 Å². The predicted molar refractivity (Wildman–Crippen MR) is 115 cm³/mol. The Morgan fingerprint density at radius 2 is 1.72 bits per heavy atom. The summed E-state index contributed by atoms with van der Waals surface area (Å²) in [5.74, 6) is -1.56. The van der Waals surface area contributed by atoms with Crippen molar-refractivity contribution in [3.8, 4) is 0 Å². The Labute approximate surface area is 176 Å². The van der Waals surface area contributed by atoms with Crippen LogP contribution in [0.15, 0.2) is 71.2 Å². The van der Waals surface area contributed by atoms with Gasteiger partial charge in [0.2, 0.25) is 0 Å². The Morgan fingerprint density at radius 3 is 2.52 bits per heavy atom. The molecule has 0 saturated carbocycles. The van der Waals surface area contributed by atoms with E-state index in [9.17, 15) is 14.4 Å². The number of fused-ring (bicyclic) bond motifs is 1. The number of benzene rings is 3. The summed E-state index contributed by atoms with van der Waals surface area (Å²) in [4.78, 5) is 36.5. The number of esters is 1. The monoisotopic (exact) mass is 454 g/mol. The van der Waals surface area contributed by atoms with Gasteiger partial charge in [-0.25, -0.2) is 0 Å². The van der Waals surface area contributed by atoms with Crippen molar-refractivity contribution in [3.63, 3.8) is 0 Å². The van der Waals surface area contributed by atoms with Gasteiger partial charge in [-0.2, -0.15) is 0 Å². The average Bonchev–Trinajstić information content (AvgIpc) is 2.72. The summed E-state index contributed by atoms with van der Waals surface area (Å²) in [6.07, 6.45) is -1.01. The summed E-state index contributed by atoms with van der Waals surface area (Å²) >= 11 is 3.29. The highest BCUT2D eigenvalue weighted by Gasteiger charge is 2.19. The lowest BCUT2D eigenvalue weighted by Crippen LogP contribution is -2.35. The fourth-order valence-corrected chi connectivity index (χ4v) is 3.14. The number of carbonyl (C=O) groups is 3. The van der Waals surface area contributed by atoms with Gasteiger partial charge in [0.05, 0.1) is 0 Å². The van der Waals surface area contributed by atoms with Crippen molar-refractivity contribution in [2.75, 3.05) is 11.9 Å². The second kappa shape index (κ2) is 9.34. The highest BCUT2D eigenvalue weighted by atomic mass is 79.9. The minimum Gasteiger partial charge on any atom is -0.451 e. The molecule has 0 saturated heterocycles. The van der Waals surface area contributed by atoms with Crippen LogP contribution in [-0.4, -0.2) is 30.4 Å². The Hall–Kier alpha value is -3.19. The number of anilines is 1. The molecule has 3 rings (SSSR count). The highest BCUT2D eigenvalue weighted by molar-refractivity contribution is 9.10. The van der Waals surface area contributed by atoms with Gasteiger partial charge in [0, 0.05) is 21.1 Å². The molecule has 0 spiro atoms. The van der Waals surface area contributed by atoms with Gasteiger partial charge < -0.3 is 15.4 Å². The molecular weight excluding hydrogens is 436 g/mol. The maximum absolute atomic E-state index is 12.4. The van der Waals surface area contributed by atoms with Crippen LogP contribution in [0.25, 0.3) is 10.8 Å². The second-order valence-corrected chi connectivity index (χ2v) is 7.26. The molecule has 0 aromatic heterocycles. The zero-order valence-corrected chi connectivity index (χ0v) is 17.2. The first-order valence-electron chi connectivity index (χ1n) is 8.96. The highest BCUT2D eigenvalue weighted by Crippen LogP contribution is 2.23. The van der Waals surface area contributed by atoms with E-state index in [0.29, 0.717) is 11.3 Å². The Morgan fingerprint density at radius 1 is 1.00 bits per heavy atom. The number of rotatable bonds is 6. The molecule has 148 valence electrons. The second-order valence-electron chi connectivity index (χ2n) is 6.34. The van der Waals surface area contributed by atoms with Crippen LogP contribution in [0.2, 0.25) is 0 Å². The van der Waals surface area contributed by atoms with Gasteiger partial charge >= 0.3 is 5.97 Å². The first kappa shape index (κ1) is 20.5. The minimum absolute atomic E-state index is 0.336. The number of hydrogen-bond donors (Lipinski definition) is 2. The molecule has 0 aliphatic carbocycles. The number of amides is 2. The van der Waals surface area contributed by atoms with Gasteiger partial charge in [-0.15, -0.1) is 0 Å². The molecule has 0 bridgehead atoms. The van der Waals surface area contributed by atoms with Crippen LogP contribution in [-0.2, 0) is 14.3 Å². The molecule has 7 heteroatoms. The maximum atomic E-state index is 12.4. The Balaban J connectivity index is 1.53. The predicted octanol–water partition coefficient (Wildman–Crippen LogP) is 3.90. The molecule has 1 unspecified atom stereocenters. The molecular formula is C22H19BrN2O4. The summed E-state index contributed by atoms with van der Waals surface area (Å²) in [5.41, 5.74) is 1.05. The van der Waals surface area contributed by atoms with Crippen LogP contribution < -0.4 is 10.6 Å². The van der Waals surface area contributed by atoms with E-state index in [2.05, 4.69) is 26.6 Å². The van der Waals surface area contributed by atoms with E-state index in [1.54, 1.807) is 30.3 Å². The summed E-state index contributed by atoms with van der Waals surface area (Å²) < 4.78 is 5.89. The summed E-state index contributed by atoms with van der Waals surface area (Å²) in [5, 5.41) is 7.14. The summed E-state index contributed by atoms with van der Waals surface area (Å²) in [6.45, 7) is 1.14. The van der Waals surface area contributed by atoms with E-state index in [1.165, 1.54) is 6.92 Å². The van der Waals surface area contributed by atoms with Crippen LogP contribution in [0.3, 0.4) is 0 Å². The first-order valence-corrected chi connectivity index (χ1v) is 9.75. The van der Waals surface area contributed by atoms with Crippen LogP contribution in [0.5, 0.6) is 0 Å². The van der Waals surface area contributed by atoms with E-state index in [1.807, 2.05) is 36.4 Å². The van der Waals surface area contributed by atoms with Crippen molar-refractivity contribution in [1.29, 1.82) is 0 Å². The van der Waals surface area contributed by atoms with Crippen molar-refractivity contribution in [2.45, 2.75) is 13.0 Å². The fraction of sp³-hybridized carbons (Fsp3) is 0.136. The number of hydrogen-bond acceptors (Lipinski definition) is 4.